The molecule has 0 radical (unpaired) electrons. The fourth-order valence-electron chi connectivity index (χ4n) is 1.51. The van der Waals surface area contributed by atoms with Gasteiger partial charge in [0.25, 0.3) is 0 Å². The van der Waals surface area contributed by atoms with Crippen LogP contribution >= 0.6 is 0 Å². The van der Waals surface area contributed by atoms with E-state index in [1.165, 1.54) is 6.92 Å². The number of fused-ring (bicyclic) bond motifs is 1. The largest absolute Gasteiger partial charge is 0.332 e. The van der Waals surface area contributed by atoms with Gasteiger partial charge in [0.2, 0.25) is 0 Å². The molecule has 1 aromatic rings. The lowest BCUT2D eigenvalue weighted by Crippen LogP contribution is -2.97. The summed E-state index contributed by atoms with van der Waals surface area (Å²) in [7, 11) is 0. The normalized spacial score (nSPS) is 14.3. The fraction of sp³-hybridized carbons (Fsp3) is 0.100. The van der Waals surface area contributed by atoms with E-state index in [2.05, 4.69) is 0 Å². The molecule has 0 saturated heterocycles. The summed E-state index contributed by atoms with van der Waals surface area (Å²) in [6, 6.07) is 6.51. The van der Waals surface area contributed by atoms with Crippen LogP contribution in [-0.4, -0.2) is 22.7 Å². The van der Waals surface area contributed by atoms with Crippen molar-refractivity contribution in [2.24, 2.45) is 0 Å². The van der Waals surface area contributed by atoms with Crippen LogP contribution in [0.1, 0.15) is 27.6 Å². The lowest BCUT2D eigenvalue weighted by Gasteiger charge is -2.06. The molecule has 5 heteroatoms. The third-order valence-corrected chi connectivity index (χ3v) is 2.14. The van der Waals surface area contributed by atoms with Crippen molar-refractivity contribution < 1.29 is 19.8 Å². The summed E-state index contributed by atoms with van der Waals surface area (Å²) in [5.74, 6) is -1.21. The molecule has 76 valence electrons. The van der Waals surface area contributed by atoms with Crippen molar-refractivity contribution in [1.82, 2.24) is 5.01 Å². The van der Waals surface area contributed by atoms with Crippen molar-refractivity contribution in [2.45, 2.75) is 6.92 Å². The summed E-state index contributed by atoms with van der Waals surface area (Å²) >= 11 is 0. The van der Waals surface area contributed by atoms with Gasteiger partial charge in [-0.1, -0.05) is 12.1 Å². The molecule has 2 N–H and O–H groups in total. The summed E-state index contributed by atoms with van der Waals surface area (Å²) in [6.07, 6.45) is 0. The second-order valence-electron chi connectivity index (χ2n) is 3.27. The number of carbonyl (C=O) groups excluding carboxylic acids is 3. The van der Waals surface area contributed by atoms with Gasteiger partial charge in [0.15, 0.2) is 0 Å². The molecule has 0 spiro atoms. The molecule has 2 rings (SSSR count). The number of nitrogens with two attached hydrogens (primary N) is 1. The number of quaternary nitrogens is 1. The number of benzene rings is 1. The second-order valence-corrected chi connectivity index (χ2v) is 3.27. The highest BCUT2D eigenvalue weighted by molar-refractivity contribution is 6.20. The maximum atomic E-state index is 11.7. The predicted octanol–water partition coefficient (Wildman–Crippen LogP) is -0.693. The smallest absolute Gasteiger partial charge is 0.263 e. The number of rotatable bonds is 1. The fourth-order valence-corrected chi connectivity index (χ4v) is 1.51. The quantitative estimate of drug-likeness (QED) is 0.374. The van der Waals surface area contributed by atoms with Crippen molar-refractivity contribution in [3.05, 3.63) is 35.4 Å². The lowest BCUT2D eigenvalue weighted by molar-refractivity contribution is -0.686. The molecular weight excluding hydrogens is 196 g/mol. The van der Waals surface area contributed by atoms with E-state index in [1.807, 2.05) is 0 Å². The van der Waals surface area contributed by atoms with Crippen LogP contribution < -0.4 is 5.43 Å². The molecule has 0 atom stereocenters. The van der Waals surface area contributed by atoms with Crippen LogP contribution in [0.15, 0.2) is 24.3 Å². The summed E-state index contributed by atoms with van der Waals surface area (Å²) in [5, 5.41) is 0.854. The van der Waals surface area contributed by atoms with Gasteiger partial charge in [-0.2, -0.15) is 5.43 Å². The van der Waals surface area contributed by atoms with E-state index in [0.717, 1.165) is 10.4 Å². The minimum Gasteiger partial charge on any atom is -0.263 e. The standard InChI is InChI=1S/C10H8N2O3/c1-6(13)11-12-9(14)7-4-2-3-5-8(7)10(12)15/h2-5H,1H3,(H,11,13)/p+1. The highest BCUT2D eigenvalue weighted by atomic mass is 16.2. The monoisotopic (exact) mass is 205 g/mol. The van der Waals surface area contributed by atoms with Crippen LogP contribution in [0.4, 0.5) is 0 Å². The first-order valence-corrected chi connectivity index (χ1v) is 4.43. The summed E-state index contributed by atoms with van der Waals surface area (Å²) in [6.45, 7) is 1.30. The van der Waals surface area contributed by atoms with Gasteiger partial charge in [0, 0.05) is 0 Å². The van der Waals surface area contributed by atoms with Gasteiger partial charge in [-0.15, -0.1) is 5.01 Å². The van der Waals surface area contributed by atoms with Crippen LogP contribution in [0.2, 0.25) is 0 Å². The van der Waals surface area contributed by atoms with E-state index in [-0.39, 0.29) is 5.91 Å². The van der Waals surface area contributed by atoms with E-state index in [4.69, 9.17) is 0 Å². The van der Waals surface area contributed by atoms with E-state index >= 15 is 0 Å². The topological polar surface area (TPSA) is 71.1 Å². The number of nitrogens with zero attached hydrogens (tertiary/aromatic N) is 1. The van der Waals surface area contributed by atoms with Gasteiger partial charge >= 0.3 is 17.7 Å². The summed E-state index contributed by atoms with van der Waals surface area (Å²) < 4.78 is 0. The van der Waals surface area contributed by atoms with Gasteiger partial charge in [0.05, 0.1) is 18.1 Å². The van der Waals surface area contributed by atoms with Gasteiger partial charge in [-0.3, -0.25) is 9.59 Å². The Balaban J connectivity index is 2.41. The first-order valence-electron chi connectivity index (χ1n) is 4.43. The Bertz CT molecular complexity index is 432. The Morgan fingerprint density at radius 3 is 2.00 bits per heavy atom. The van der Waals surface area contributed by atoms with Gasteiger partial charge in [0.1, 0.15) is 0 Å². The third-order valence-electron chi connectivity index (χ3n) is 2.14. The van der Waals surface area contributed by atoms with Crippen molar-refractivity contribution in [3.8, 4) is 0 Å². The molecule has 0 unspecified atom stereocenters. The van der Waals surface area contributed by atoms with Gasteiger partial charge in [-0.05, 0) is 12.1 Å². The zero-order valence-electron chi connectivity index (χ0n) is 8.06. The minimum atomic E-state index is -0.439. The zero-order chi connectivity index (χ0) is 11.0. The van der Waals surface area contributed by atoms with Gasteiger partial charge in [-0.25, -0.2) is 4.79 Å². The van der Waals surface area contributed by atoms with Crippen molar-refractivity contribution in [2.75, 3.05) is 0 Å². The van der Waals surface area contributed by atoms with Crippen LogP contribution in [0.25, 0.3) is 0 Å². The minimum absolute atomic E-state index is 0.329. The van der Waals surface area contributed by atoms with Crippen molar-refractivity contribution >= 4 is 17.7 Å². The Hall–Kier alpha value is -2.01. The summed E-state index contributed by atoms with van der Waals surface area (Å²) in [4.78, 5) is 34.2. The Kier molecular flexibility index (Phi) is 2.09. The molecule has 1 aliphatic heterocycles. The highest BCUT2D eigenvalue weighted by Crippen LogP contribution is 2.18. The molecule has 1 heterocycles. The first kappa shape index (κ1) is 9.54. The van der Waals surface area contributed by atoms with Crippen LogP contribution in [0.5, 0.6) is 0 Å². The molecule has 0 saturated carbocycles. The molecule has 0 aliphatic carbocycles. The maximum absolute atomic E-state index is 11.7. The molecular formula is C10H9N2O3+. The Labute approximate surface area is 85.6 Å². The van der Waals surface area contributed by atoms with Crippen LogP contribution in [0, 0.1) is 0 Å². The van der Waals surface area contributed by atoms with Crippen molar-refractivity contribution in [1.29, 1.82) is 0 Å². The summed E-state index contributed by atoms with van der Waals surface area (Å²) in [5.41, 5.74) is 1.71. The molecule has 15 heavy (non-hydrogen) atoms. The molecule has 0 aromatic heterocycles. The van der Waals surface area contributed by atoms with Gasteiger partial charge < -0.3 is 0 Å². The average Bonchev–Trinajstić information content (AvgIpc) is 2.44. The van der Waals surface area contributed by atoms with E-state index in [1.54, 1.807) is 24.3 Å². The van der Waals surface area contributed by atoms with E-state index in [9.17, 15) is 14.4 Å². The van der Waals surface area contributed by atoms with E-state index in [0.29, 0.717) is 11.1 Å². The number of carbonyl (C=O) groups is 3. The Morgan fingerprint density at radius 1 is 1.13 bits per heavy atom. The third kappa shape index (κ3) is 1.42. The number of primary amides is 1. The van der Waals surface area contributed by atoms with Crippen LogP contribution in [0.3, 0.4) is 0 Å². The number of amides is 3. The molecule has 0 bridgehead atoms. The predicted molar refractivity (Wildman–Crippen MR) is 49.5 cm³/mol. The number of hydrogen-bond acceptors (Lipinski definition) is 3. The highest BCUT2D eigenvalue weighted by Gasteiger charge is 2.39. The first-order chi connectivity index (χ1) is 7.11. The number of hydrogen-bond donors (Lipinski definition) is 1. The maximum Gasteiger partial charge on any atom is 0.332 e. The van der Waals surface area contributed by atoms with Crippen molar-refractivity contribution in [3.63, 3.8) is 0 Å². The molecule has 1 aliphatic rings. The molecule has 3 amide bonds. The average molecular weight is 205 g/mol. The number of imide groups is 1. The van der Waals surface area contributed by atoms with E-state index < -0.39 is 11.8 Å². The molecule has 1 aromatic carbocycles. The SMILES string of the molecule is CC(=O)[NH2+]N1C(=O)c2ccccc2C1=O. The second kappa shape index (κ2) is 3.29. The molecule has 0 fully saturated rings. The van der Waals surface area contributed by atoms with Crippen LogP contribution in [-0.2, 0) is 4.79 Å². The zero-order valence-corrected chi connectivity index (χ0v) is 8.06. The lowest BCUT2D eigenvalue weighted by atomic mass is 10.1. The molecule has 5 nitrogen and oxygen atoms in total. The Morgan fingerprint density at radius 2 is 1.60 bits per heavy atom.